The number of hydrogen-bond acceptors (Lipinski definition) is 6. The van der Waals surface area contributed by atoms with Gasteiger partial charge in [0.05, 0.1) is 23.0 Å². The van der Waals surface area contributed by atoms with Crippen molar-refractivity contribution in [2.75, 3.05) is 39.5 Å². The van der Waals surface area contributed by atoms with Crippen molar-refractivity contribution in [3.05, 3.63) is 65.7 Å². The fraction of sp³-hybridized carbons (Fsp3) is 0.348. The minimum absolute atomic E-state index is 0.164. The molecule has 10 heteroatoms. The molecule has 1 fully saturated rings. The van der Waals surface area contributed by atoms with Gasteiger partial charge in [0.2, 0.25) is 9.84 Å². The second-order valence-electron chi connectivity index (χ2n) is 7.46. The molecule has 178 valence electrons. The van der Waals surface area contributed by atoms with Gasteiger partial charge >= 0.3 is 6.18 Å². The van der Waals surface area contributed by atoms with Crippen molar-refractivity contribution >= 4 is 20.5 Å². The molecule has 0 aliphatic carbocycles. The van der Waals surface area contributed by atoms with E-state index in [-0.39, 0.29) is 27.9 Å². The summed E-state index contributed by atoms with van der Waals surface area (Å²) in [5.41, 5.74) is 0.101. The maximum Gasteiger partial charge on any atom is 0.411 e. The summed E-state index contributed by atoms with van der Waals surface area (Å²) in [7, 11) is -4.50. The number of ketones is 1. The van der Waals surface area contributed by atoms with Crippen LogP contribution in [0.1, 0.15) is 22.8 Å². The van der Waals surface area contributed by atoms with E-state index in [9.17, 15) is 26.4 Å². The Labute approximate surface area is 190 Å². The summed E-state index contributed by atoms with van der Waals surface area (Å²) in [5.74, 6) is 0.129. The summed E-state index contributed by atoms with van der Waals surface area (Å²) in [6, 6.07) is 10.2. The number of rotatable bonds is 8. The van der Waals surface area contributed by atoms with Gasteiger partial charge in [-0.2, -0.15) is 13.2 Å². The Hall–Kier alpha value is -2.69. The topological polar surface area (TPSA) is 72.9 Å². The number of alkyl halides is 3. The van der Waals surface area contributed by atoms with Crippen LogP contribution in [-0.4, -0.2) is 64.7 Å². The second kappa shape index (κ2) is 10.5. The van der Waals surface area contributed by atoms with Crippen LogP contribution in [0.5, 0.6) is 5.75 Å². The Morgan fingerprint density at radius 2 is 1.61 bits per heavy atom. The smallest absolute Gasteiger partial charge is 0.411 e. The SMILES string of the molecule is CC(=O)c1ccc(/C(=C\C(F)(F)F)S(=O)(=O)c2ccc(OCCN3CCOCC3)cc2)cc1. The molecule has 0 saturated carbocycles. The molecular weight excluding hydrogens is 459 g/mol. The third-order valence-corrected chi connectivity index (χ3v) is 6.90. The minimum Gasteiger partial charge on any atom is -0.492 e. The molecule has 0 unspecified atom stereocenters. The van der Waals surface area contributed by atoms with Crippen molar-refractivity contribution in [2.45, 2.75) is 18.0 Å². The summed E-state index contributed by atoms with van der Waals surface area (Å²) in [6.07, 6.45) is -5.10. The number of carbonyl (C=O) groups excluding carboxylic acids is 1. The van der Waals surface area contributed by atoms with Crippen molar-refractivity contribution in [3.8, 4) is 5.75 Å². The number of halogens is 3. The van der Waals surface area contributed by atoms with E-state index >= 15 is 0 Å². The van der Waals surface area contributed by atoms with Gasteiger partial charge in [0.15, 0.2) is 5.78 Å². The molecule has 33 heavy (non-hydrogen) atoms. The van der Waals surface area contributed by atoms with E-state index in [4.69, 9.17) is 9.47 Å². The average Bonchev–Trinajstić information content (AvgIpc) is 2.78. The van der Waals surface area contributed by atoms with E-state index in [1.807, 2.05) is 0 Å². The third kappa shape index (κ3) is 6.89. The van der Waals surface area contributed by atoms with E-state index < -0.39 is 20.9 Å². The van der Waals surface area contributed by atoms with Crippen LogP contribution in [0.25, 0.3) is 4.91 Å². The molecule has 0 bridgehead atoms. The normalized spacial score (nSPS) is 15.9. The second-order valence-corrected chi connectivity index (χ2v) is 9.38. The third-order valence-electron chi connectivity index (χ3n) is 5.07. The first-order valence-corrected chi connectivity index (χ1v) is 11.7. The molecule has 2 aromatic carbocycles. The zero-order chi connectivity index (χ0) is 24.1. The number of Topliss-reactive ketones (excluding diaryl/α,β-unsaturated/α-hetero) is 1. The van der Waals surface area contributed by atoms with Crippen LogP contribution in [0.15, 0.2) is 59.5 Å². The highest BCUT2D eigenvalue weighted by atomic mass is 32.2. The number of benzene rings is 2. The summed E-state index contributed by atoms with van der Waals surface area (Å²) >= 11 is 0. The van der Waals surface area contributed by atoms with Gasteiger partial charge in [-0.15, -0.1) is 0 Å². The van der Waals surface area contributed by atoms with Crippen LogP contribution >= 0.6 is 0 Å². The maximum absolute atomic E-state index is 13.2. The van der Waals surface area contributed by atoms with E-state index in [2.05, 4.69) is 4.90 Å². The van der Waals surface area contributed by atoms with Crippen molar-refractivity contribution in [1.29, 1.82) is 0 Å². The Morgan fingerprint density at radius 3 is 2.15 bits per heavy atom. The van der Waals surface area contributed by atoms with Gasteiger partial charge < -0.3 is 9.47 Å². The highest BCUT2D eigenvalue weighted by Gasteiger charge is 2.31. The fourth-order valence-corrected chi connectivity index (χ4v) is 4.78. The lowest BCUT2D eigenvalue weighted by Crippen LogP contribution is -2.38. The monoisotopic (exact) mass is 483 g/mol. The van der Waals surface area contributed by atoms with Crippen molar-refractivity contribution < 1.29 is 35.9 Å². The molecular formula is C23H24F3NO5S. The summed E-state index contributed by atoms with van der Waals surface area (Å²) in [6.45, 7) is 5.31. The van der Waals surface area contributed by atoms with Gasteiger partial charge in [-0.1, -0.05) is 24.3 Å². The zero-order valence-electron chi connectivity index (χ0n) is 18.0. The summed E-state index contributed by atoms with van der Waals surface area (Å²) in [5, 5.41) is 0. The molecule has 1 aliphatic heterocycles. The predicted octanol–water partition coefficient (Wildman–Crippen LogP) is 3.98. The Balaban J connectivity index is 1.79. The number of hydrogen-bond donors (Lipinski definition) is 0. The predicted molar refractivity (Wildman–Crippen MR) is 117 cm³/mol. The zero-order valence-corrected chi connectivity index (χ0v) is 18.8. The molecule has 0 N–H and O–H groups in total. The van der Waals surface area contributed by atoms with Gasteiger partial charge in [-0.3, -0.25) is 9.69 Å². The molecule has 0 spiro atoms. The highest BCUT2D eigenvalue weighted by Crippen LogP contribution is 2.33. The molecule has 0 aromatic heterocycles. The number of carbonyl (C=O) groups is 1. The summed E-state index contributed by atoms with van der Waals surface area (Å²) in [4.78, 5) is 12.4. The Bertz CT molecular complexity index is 1090. The standard InChI is InChI=1S/C23H24F3NO5S/c1-17(28)18-2-4-19(5-3-18)22(16-23(24,25)26)33(29,30)21-8-6-20(7-9-21)32-15-12-27-10-13-31-14-11-27/h2-9,16H,10-15H2,1H3/b22-16+. The molecule has 1 saturated heterocycles. The Morgan fingerprint density at radius 1 is 1.03 bits per heavy atom. The lowest BCUT2D eigenvalue weighted by atomic mass is 10.1. The van der Waals surface area contributed by atoms with Crippen molar-refractivity contribution in [3.63, 3.8) is 0 Å². The summed E-state index contributed by atoms with van der Waals surface area (Å²) < 4.78 is 76.6. The molecule has 0 radical (unpaired) electrons. The minimum atomic E-state index is -4.86. The van der Waals surface area contributed by atoms with E-state index in [0.717, 1.165) is 13.1 Å². The van der Waals surface area contributed by atoms with Gasteiger partial charge in [-0.25, -0.2) is 8.42 Å². The number of morpholine rings is 1. The van der Waals surface area contributed by atoms with E-state index in [0.29, 0.717) is 32.1 Å². The Kier molecular flexibility index (Phi) is 7.93. The highest BCUT2D eigenvalue weighted by molar-refractivity contribution is 8.00. The molecule has 6 nitrogen and oxygen atoms in total. The number of nitrogens with zero attached hydrogens (tertiary/aromatic N) is 1. The molecule has 3 rings (SSSR count). The molecule has 0 atom stereocenters. The van der Waals surface area contributed by atoms with Gasteiger partial charge in [0, 0.05) is 31.3 Å². The number of ether oxygens (including phenoxy) is 2. The van der Waals surface area contributed by atoms with Crippen molar-refractivity contribution in [1.82, 2.24) is 4.90 Å². The molecule has 1 heterocycles. The van der Waals surface area contributed by atoms with Crippen LogP contribution in [0, 0.1) is 0 Å². The van der Waals surface area contributed by atoms with Crippen LogP contribution in [0.4, 0.5) is 13.2 Å². The van der Waals surface area contributed by atoms with E-state index in [1.165, 1.54) is 55.5 Å². The van der Waals surface area contributed by atoms with Gasteiger partial charge in [-0.05, 0) is 36.8 Å². The fourth-order valence-electron chi connectivity index (χ4n) is 3.29. The quantitative estimate of drug-likeness (QED) is 0.529. The first-order valence-electron chi connectivity index (χ1n) is 10.3. The largest absolute Gasteiger partial charge is 0.492 e. The van der Waals surface area contributed by atoms with Gasteiger partial charge in [0.25, 0.3) is 0 Å². The van der Waals surface area contributed by atoms with Crippen LogP contribution in [0.3, 0.4) is 0 Å². The number of allylic oxidation sites excluding steroid dienone is 1. The first kappa shape index (κ1) is 24.9. The van der Waals surface area contributed by atoms with Crippen LogP contribution < -0.4 is 4.74 Å². The van der Waals surface area contributed by atoms with Crippen molar-refractivity contribution in [2.24, 2.45) is 0 Å². The number of sulfone groups is 1. The van der Waals surface area contributed by atoms with Gasteiger partial charge in [0.1, 0.15) is 12.4 Å². The van der Waals surface area contributed by atoms with Crippen LogP contribution in [0.2, 0.25) is 0 Å². The first-order chi connectivity index (χ1) is 15.6. The maximum atomic E-state index is 13.2. The lowest BCUT2D eigenvalue weighted by Gasteiger charge is -2.26. The average molecular weight is 484 g/mol. The molecule has 0 amide bonds. The van der Waals surface area contributed by atoms with E-state index in [1.54, 1.807) is 0 Å². The van der Waals surface area contributed by atoms with Crippen LogP contribution in [-0.2, 0) is 14.6 Å². The lowest BCUT2D eigenvalue weighted by molar-refractivity contribution is -0.0792. The molecule has 2 aromatic rings. The molecule has 1 aliphatic rings.